The average Bonchev–Trinajstić information content (AvgIpc) is 3.23. The molecule has 0 N–H and O–H groups in total. The molecule has 4 rings (SSSR count). The van der Waals surface area contributed by atoms with Gasteiger partial charge in [-0.25, -0.2) is 0 Å². The van der Waals surface area contributed by atoms with Crippen LogP contribution in [0.3, 0.4) is 0 Å². The average molecular weight is 394 g/mol. The number of thioether (sulfide) groups is 1. The molecule has 138 valence electrons. The fourth-order valence-electron chi connectivity index (χ4n) is 3.32. The number of thiophene rings is 1. The standard InChI is InChI=1S/C22H23N3S2/c1-14(2)25-21(20-13-26-16(4)15(20)3)23-24-22(25)27-12-18-10-7-9-17-8-5-6-11-19(17)18/h5-11,13-14H,12H2,1-4H3. The highest BCUT2D eigenvalue weighted by Crippen LogP contribution is 2.34. The predicted molar refractivity (Wildman–Crippen MR) is 117 cm³/mol. The van der Waals surface area contributed by atoms with Crippen molar-refractivity contribution in [3.63, 3.8) is 0 Å². The first-order valence-electron chi connectivity index (χ1n) is 9.15. The van der Waals surface area contributed by atoms with E-state index in [0.717, 1.165) is 16.7 Å². The monoisotopic (exact) mass is 393 g/mol. The normalized spacial score (nSPS) is 11.6. The molecule has 5 heteroatoms. The number of fused-ring (bicyclic) bond motifs is 1. The number of hydrogen-bond acceptors (Lipinski definition) is 4. The first-order chi connectivity index (χ1) is 13.1. The van der Waals surface area contributed by atoms with E-state index in [1.165, 1.54) is 32.3 Å². The lowest BCUT2D eigenvalue weighted by Gasteiger charge is -2.14. The van der Waals surface area contributed by atoms with Gasteiger partial charge in [0.15, 0.2) is 11.0 Å². The van der Waals surface area contributed by atoms with Crippen LogP contribution in [0, 0.1) is 13.8 Å². The van der Waals surface area contributed by atoms with Gasteiger partial charge in [-0.05, 0) is 49.6 Å². The van der Waals surface area contributed by atoms with Gasteiger partial charge in [0.1, 0.15) is 0 Å². The van der Waals surface area contributed by atoms with Crippen molar-refractivity contribution in [2.75, 3.05) is 0 Å². The number of benzene rings is 2. The zero-order valence-electron chi connectivity index (χ0n) is 16.1. The third-order valence-electron chi connectivity index (χ3n) is 4.94. The molecule has 0 saturated heterocycles. The van der Waals surface area contributed by atoms with E-state index in [1.807, 2.05) is 0 Å². The van der Waals surface area contributed by atoms with E-state index in [2.05, 4.69) is 90.3 Å². The first kappa shape index (κ1) is 18.3. The Balaban J connectivity index is 1.67. The van der Waals surface area contributed by atoms with Crippen molar-refractivity contribution in [2.45, 2.75) is 44.6 Å². The molecule has 0 bridgehead atoms. The second-order valence-corrected chi connectivity index (χ2v) is 9.05. The third kappa shape index (κ3) is 3.42. The fourth-order valence-corrected chi connectivity index (χ4v) is 5.25. The van der Waals surface area contributed by atoms with Crippen molar-refractivity contribution >= 4 is 33.9 Å². The maximum absolute atomic E-state index is 4.56. The van der Waals surface area contributed by atoms with Crippen LogP contribution < -0.4 is 0 Å². The molecule has 0 fully saturated rings. The predicted octanol–water partition coefficient (Wildman–Crippen LogP) is 6.65. The molecule has 0 saturated carbocycles. The molecule has 0 unspecified atom stereocenters. The Hall–Kier alpha value is -2.11. The molecule has 0 radical (unpaired) electrons. The van der Waals surface area contributed by atoms with E-state index >= 15 is 0 Å². The lowest BCUT2D eigenvalue weighted by atomic mass is 10.1. The molecule has 0 atom stereocenters. The van der Waals surface area contributed by atoms with Crippen LogP contribution in [0.4, 0.5) is 0 Å². The summed E-state index contributed by atoms with van der Waals surface area (Å²) in [6, 6.07) is 15.4. The quantitative estimate of drug-likeness (QED) is 0.356. The van der Waals surface area contributed by atoms with Crippen LogP contribution in [0.1, 0.15) is 35.9 Å². The van der Waals surface area contributed by atoms with E-state index in [4.69, 9.17) is 0 Å². The van der Waals surface area contributed by atoms with Crippen LogP contribution >= 0.6 is 23.1 Å². The minimum absolute atomic E-state index is 0.310. The van der Waals surface area contributed by atoms with E-state index < -0.39 is 0 Å². The largest absolute Gasteiger partial charge is 0.299 e. The van der Waals surface area contributed by atoms with Gasteiger partial charge in [-0.15, -0.1) is 21.5 Å². The summed E-state index contributed by atoms with van der Waals surface area (Å²) in [5, 5.41) is 14.9. The molecule has 0 aliphatic heterocycles. The Morgan fingerprint density at radius 3 is 2.56 bits per heavy atom. The Labute approximate surface area is 168 Å². The highest BCUT2D eigenvalue weighted by Gasteiger charge is 2.19. The summed E-state index contributed by atoms with van der Waals surface area (Å²) in [5.74, 6) is 1.86. The van der Waals surface area contributed by atoms with Gasteiger partial charge >= 0.3 is 0 Å². The summed E-state index contributed by atoms with van der Waals surface area (Å²) in [6.45, 7) is 8.73. The second-order valence-electron chi connectivity index (χ2n) is 7.03. The van der Waals surface area contributed by atoms with Gasteiger partial charge in [0.05, 0.1) is 0 Å². The van der Waals surface area contributed by atoms with Crippen molar-refractivity contribution in [3.05, 3.63) is 63.8 Å². The summed E-state index contributed by atoms with van der Waals surface area (Å²) >= 11 is 3.54. The fraction of sp³-hybridized carbons (Fsp3) is 0.273. The lowest BCUT2D eigenvalue weighted by Crippen LogP contribution is -2.05. The van der Waals surface area contributed by atoms with Gasteiger partial charge in [0.25, 0.3) is 0 Å². The molecule has 0 spiro atoms. The Morgan fingerprint density at radius 2 is 1.81 bits per heavy atom. The van der Waals surface area contributed by atoms with Gasteiger partial charge in [-0.2, -0.15) is 0 Å². The summed E-state index contributed by atoms with van der Waals surface area (Å²) in [5.41, 5.74) is 3.84. The Kier molecular flexibility index (Phi) is 5.06. The van der Waals surface area contributed by atoms with Crippen molar-refractivity contribution in [1.29, 1.82) is 0 Å². The van der Waals surface area contributed by atoms with Crippen LogP contribution in [0.15, 0.2) is 53.0 Å². The topological polar surface area (TPSA) is 30.7 Å². The minimum atomic E-state index is 0.310. The maximum atomic E-state index is 4.56. The summed E-state index contributed by atoms with van der Waals surface area (Å²) in [4.78, 5) is 1.34. The molecule has 0 aliphatic carbocycles. The van der Waals surface area contributed by atoms with Crippen molar-refractivity contribution in [1.82, 2.24) is 14.8 Å². The molecule has 27 heavy (non-hydrogen) atoms. The SMILES string of the molecule is Cc1scc(-c2nnc(SCc3cccc4ccccc34)n2C(C)C)c1C. The van der Waals surface area contributed by atoms with Crippen LogP contribution in [-0.4, -0.2) is 14.8 Å². The summed E-state index contributed by atoms with van der Waals surface area (Å²) in [6.07, 6.45) is 0. The number of aryl methyl sites for hydroxylation is 1. The van der Waals surface area contributed by atoms with Gasteiger partial charge in [0.2, 0.25) is 0 Å². The van der Waals surface area contributed by atoms with E-state index in [9.17, 15) is 0 Å². The molecule has 2 aromatic heterocycles. The van der Waals surface area contributed by atoms with Crippen molar-refractivity contribution in [3.8, 4) is 11.4 Å². The van der Waals surface area contributed by atoms with Crippen LogP contribution in [0.5, 0.6) is 0 Å². The van der Waals surface area contributed by atoms with E-state index in [0.29, 0.717) is 6.04 Å². The number of aromatic nitrogens is 3. The summed E-state index contributed by atoms with van der Waals surface area (Å²) in [7, 11) is 0. The molecule has 2 heterocycles. The van der Waals surface area contributed by atoms with E-state index in [1.54, 1.807) is 23.1 Å². The number of nitrogens with zero attached hydrogens (tertiary/aromatic N) is 3. The molecule has 0 aliphatic rings. The molecular weight excluding hydrogens is 370 g/mol. The van der Waals surface area contributed by atoms with Gasteiger partial charge in [0, 0.05) is 27.6 Å². The highest BCUT2D eigenvalue weighted by atomic mass is 32.2. The molecule has 0 amide bonds. The maximum Gasteiger partial charge on any atom is 0.192 e. The van der Waals surface area contributed by atoms with Gasteiger partial charge < -0.3 is 0 Å². The molecule has 4 aromatic rings. The Bertz CT molecular complexity index is 1090. The molecular formula is C22H23N3S2. The van der Waals surface area contributed by atoms with Crippen molar-refractivity contribution < 1.29 is 0 Å². The number of rotatable bonds is 5. The Morgan fingerprint density at radius 1 is 1.04 bits per heavy atom. The zero-order valence-corrected chi connectivity index (χ0v) is 17.7. The molecule has 2 aromatic carbocycles. The highest BCUT2D eigenvalue weighted by molar-refractivity contribution is 7.98. The van der Waals surface area contributed by atoms with Crippen molar-refractivity contribution in [2.24, 2.45) is 0 Å². The minimum Gasteiger partial charge on any atom is -0.299 e. The van der Waals surface area contributed by atoms with Crippen LogP contribution in [0.2, 0.25) is 0 Å². The number of hydrogen-bond donors (Lipinski definition) is 0. The van der Waals surface area contributed by atoms with E-state index in [-0.39, 0.29) is 0 Å². The van der Waals surface area contributed by atoms with Crippen LogP contribution in [0.25, 0.3) is 22.2 Å². The third-order valence-corrected chi connectivity index (χ3v) is 6.95. The summed E-state index contributed by atoms with van der Waals surface area (Å²) < 4.78 is 2.27. The zero-order chi connectivity index (χ0) is 19.0. The van der Waals surface area contributed by atoms with Crippen LogP contribution in [-0.2, 0) is 5.75 Å². The smallest absolute Gasteiger partial charge is 0.192 e. The van der Waals surface area contributed by atoms with Gasteiger partial charge in [-0.1, -0.05) is 54.2 Å². The molecule has 3 nitrogen and oxygen atoms in total. The van der Waals surface area contributed by atoms with Gasteiger partial charge in [-0.3, -0.25) is 4.57 Å². The first-order valence-corrected chi connectivity index (χ1v) is 11.0. The lowest BCUT2D eigenvalue weighted by molar-refractivity contribution is 0.555. The second kappa shape index (κ2) is 7.49.